The average Bonchev–Trinajstić information content (AvgIpc) is 2.05. The summed E-state index contributed by atoms with van der Waals surface area (Å²) in [6, 6.07) is 6.01. The highest BCUT2D eigenvalue weighted by atomic mass is 14.8. The Labute approximate surface area is 73.3 Å². The molecule has 0 atom stereocenters. The fourth-order valence-corrected chi connectivity index (χ4v) is 0.954. The fraction of sp³-hybridized carbons (Fsp3) is 0.300. The largest absolute Gasteiger partial charge is 0.316 e. The van der Waals surface area contributed by atoms with Gasteiger partial charge < -0.3 is 5.32 Å². The Bertz CT molecular complexity index is 266. The maximum Gasteiger partial charge on any atom is 0.0630 e. The average molecular weight is 162 g/mol. The molecule has 0 aliphatic heterocycles. The van der Waals surface area contributed by atoms with E-state index in [9.17, 15) is 0 Å². The second-order valence-corrected chi connectivity index (χ2v) is 2.66. The van der Waals surface area contributed by atoms with Gasteiger partial charge in [0.25, 0.3) is 0 Å². The predicted octanol–water partition coefficient (Wildman–Crippen LogP) is 1.62. The SMILES string of the molecule is CNCC=Cc1cccc(C)n1. The number of likely N-dealkylation sites (N-methyl/N-ethyl adjacent to an activating group) is 1. The molecule has 0 fully saturated rings. The number of hydrogen-bond acceptors (Lipinski definition) is 2. The topological polar surface area (TPSA) is 24.9 Å². The summed E-state index contributed by atoms with van der Waals surface area (Å²) in [7, 11) is 1.92. The van der Waals surface area contributed by atoms with E-state index in [-0.39, 0.29) is 0 Å². The number of nitrogens with zero attached hydrogens (tertiary/aromatic N) is 1. The van der Waals surface area contributed by atoms with Gasteiger partial charge in [0.15, 0.2) is 0 Å². The van der Waals surface area contributed by atoms with Crippen LogP contribution in [-0.4, -0.2) is 18.6 Å². The Kier molecular flexibility index (Phi) is 3.48. The molecule has 0 spiro atoms. The Hall–Kier alpha value is -1.15. The monoisotopic (exact) mass is 162 g/mol. The van der Waals surface area contributed by atoms with Crippen LogP contribution in [0.1, 0.15) is 11.4 Å². The maximum atomic E-state index is 4.33. The van der Waals surface area contributed by atoms with E-state index < -0.39 is 0 Å². The van der Waals surface area contributed by atoms with Crippen molar-refractivity contribution in [3.8, 4) is 0 Å². The number of aromatic nitrogens is 1. The summed E-state index contributed by atoms with van der Waals surface area (Å²) in [5.41, 5.74) is 2.08. The summed E-state index contributed by atoms with van der Waals surface area (Å²) >= 11 is 0. The molecule has 2 heteroatoms. The fourth-order valence-electron chi connectivity index (χ4n) is 0.954. The van der Waals surface area contributed by atoms with E-state index in [2.05, 4.69) is 16.4 Å². The van der Waals surface area contributed by atoms with Gasteiger partial charge in [0.05, 0.1) is 5.69 Å². The van der Waals surface area contributed by atoms with Crippen LogP contribution in [0.5, 0.6) is 0 Å². The number of hydrogen-bond donors (Lipinski definition) is 1. The van der Waals surface area contributed by atoms with E-state index in [1.807, 2.05) is 38.2 Å². The first-order valence-electron chi connectivity index (χ1n) is 4.08. The van der Waals surface area contributed by atoms with Crippen molar-refractivity contribution in [1.82, 2.24) is 10.3 Å². The van der Waals surface area contributed by atoms with Crippen LogP contribution in [0.15, 0.2) is 24.3 Å². The minimum atomic E-state index is 0.885. The van der Waals surface area contributed by atoms with Crippen LogP contribution in [0, 0.1) is 6.92 Å². The summed E-state index contributed by atoms with van der Waals surface area (Å²) in [5, 5.41) is 3.04. The molecule has 0 unspecified atom stereocenters. The second-order valence-electron chi connectivity index (χ2n) is 2.66. The van der Waals surface area contributed by atoms with Crippen LogP contribution in [-0.2, 0) is 0 Å². The van der Waals surface area contributed by atoms with Crippen LogP contribution in [0.4, 0.5) is 0 Å². The molecular formula is C10H14N2. The minimum absolute atomic E-state index is 0.885. The van der Waals surface area contributed by atoms with Crippen molar-refractivity contribution >= 4 is 6.08 Å². The molecule has 1 heterocycles. The third-order valence-electron chi connectivity index (χ3n) is 1.52. The zero-order valence-corrected chi connectivity index (χ0v) is 7.54. The summed E-state index contributed by atoms with van der Waals surface area (Å²) in [4.78, 5) is 4.33. The van der Waals surface area contributed by atoms with Gasteiger partial charge in [0.1, 0.15) is 0 Å². The Morgan fingerprint density at radius 1 is 1.50 bits per heavy atom. The van der Waals surface area contributed by atoms with Crippen molar-refractivity contribution in [2.24, 2.45) is 0 Å². The van der Waals surface area contributed by atoms with Gasteiger partial charge in [0, 0.05) is 12.2 Å². The third kappa shape index (κ3) is 2.84. The number of pyridine rings is 1. The molecule has 1 rings (SSSR count). The summed E-state index contributed by atoms with van der Waals surface area (Å²) < 4.78 is 0. The lowest BCUT2D eigenvalue weighted by Gasteiger charge is -1.94. The van der Waals surface area contributed by atoms with Crippen LogP contribution in [0.25, 0.3) is 6.08 Å². The number of rotatable bonds is 3. The van der Waals surface area contributed by atoms with Crippen LogP contribution < -0.4 is 5.32 Å². The Balaban J connectivity index is 2.63. The zero-order valence-electron chi connectivity index (χ0n) is 7.54. The number of nitrogens with one attached hydrogen (secondary N) is 1. The van der Waals surface area contributed by atoms with Gasteiger partial charge in [-0.05, 0) is 32.2 Å². The Morgan fingerprint density at radius 2 is 2.33 bits per heavy atom. The van der Waals surface area contributed by atoms with E-state index in [1.54, 1.807) is 0 Å². The molecule has 0 aliphatic carbocycles. The van der Waals surface area contributed by atoms with Gasteiger partial charge in [-0.3, -0.25) is 4.98 Å². The highest BCUT2D eigenvalue weighted by Gasteiger charge is 1.86. The van der Waals surface area contributed by atoms with Crippen molar-refractivity contribution in [3.05, 3.63) is 35.7 Å². The smallest absolute Gasteiger partial charge is 0.0630 e. The molecule has 0 radical (unpaired) electrons. The third-order valence-corrected chi connectivity index (χ3v) is 1.52. The molecule has 0 saturated heterocycles. The molecule has 64 valence electrons. The van der Waals surface area contributed by atoms with Gasteiger partial charge in [-0.1, -0.05) is 12.1 Å². The molecule has 1 aromatic heterocycles. The Morgan fingerprint density at radius 3 is 3.00 bits per heavy atom. The van der Waals surface area contributed by atoms with Crippen LogP contribution >= 0.6 is 0 Å². The molecule has 0 aromatic carbocycles. The lowest BCUT2D eigenvalue weighted by molar-refractivity contribution is 0.922. The minimum Gasteiger partial charge on any atom is -0.316 e. The first-order chi connectivity index (χ1) is 5.83. The maximum absolute atomic E-state index is 4.33. The molecule has 1 N–H and O–H groups in total. The van der Waals surface area contributed by atoms with E-state index in [4.69, 9.17) is 0 Å². The molecule has 0 saturated carbocycles. The van der Waals surface area contributed by atoms with Crippen molar-refractivity contribution in [2.75, 3.05) is 13.6 Å². The zero-order chi connectivity index (χ0) is 8.81. The molecule has 1 aromatic rings. The summed E-state index contributed by atoms with van der Waals surface area (Å²) in [6.45, 7) is 2.88. The van der Waals surface area contributed by atoms with E-state index in [1.165, 1.54) is 0 Å². The van der Waals surface area contributed by atoms with Crippen molar-refractivity contribution in [1.29, 1.82) is 0 Å². The summed E-state index contributed by atoms with van der Waals surface area (Å²) in [5.74, 6) is 0. The van der Waals surface area contributed by atoms with Crippen LogP contribution in [0.2, 0.25) is 0 Å². The van der Waals surface area contributed by atoms with Crippen molar-refractivity contribution in [3.63, 3.8) is 0 Å². The van der Waals surface area contributed by atoms with Gasteiger partial charge >= 0.3 is 0 Å². The molecule has 12 heavy (non-hydrogen) atoms. The van der Waals surface area contributed by atoms with Crippen LogP contribution in [0.3, 0.4) is 0 Å². The van der Waals surface area contributed by atoms with Gasteiger partial charge in [-0.15, -0.1) is 0 Å². The van der Waals surface area contributed by atoms with E-state index in [0.717, 1.165) is 17.9 Å². The van der Waals surface area contributed by atoms with Gasteiger partial charge in [0.2, 0.25) is 0 Å². The highest BCUT2D eigenvalue weighted by Crippen LogP contribution is 1.99. The van der Waals surface area contributed by atoms with E-state index in [0.29, 0.717) is 0 Å². The molecule has 0 bridgehead atoms. The highest BCUT2D eigenvalue weighted by molar-refractivity contribution is 5.44. The lowest BCUT2D eigenvalue weighted by atomic mass is 10.3. The molecule has 0 amide bonds. The molecular weight excluding hydrogens is 148 g/mol. The predicted molar refractivity (Wildman–Crippen MR) is 51.9 cm³/mol. The van der Waals surface area contributed by atoms with Crippen molar-refractivity contribution < 1.29 is 0 Å². The van der Waals surface area contributed by atoms with Gasteiger partial charge in [-0.2, -0.15) is 0 Å². The summed E-state index contributed by atoms with van der Waals surface area (Å²) in [6.07, 6.45) is 4.07. The molecule has 2 nitrogen and oxygen atoms in total. The van der Waals surface area contributed by atoms with Gasteiger partial charge in [-0.25, -0.2) is 0 Å². The second kappa shape index (κ2) is 4.67. The first-order valence-corrected chi connectivity index (χ1v) is 4.08. The van der Waals surface area contributed by atoms with E-state index >= 15 is 0 Å². The normalized spacial score (nSPS) is 10.8. The van der Waals surface area contributed by atoms with Crippen molar-refractivity contribution in [2.45, 2.75) is 6.92 Å². The first kappa shape index (κ1) is 8.94. The standard InChI is InChI=1S/C10H14N2/c1-9-5-3-6-10(12-9)7-4-8-11-2/h3-7,11H,8H2,1-2H3. The quantitative estimate of drug-likeness (QED) is 0.730. The number of aryl methyl sites for hydroxylation is 1. The lowest BCUT2D eigenvalue weighted by Crippen LogP contribution is -2.03. The molecule has 0 aliphatic rings.